The number of nitrogens with zero attached hydrogens (tertiary/aromatic N) is 1. The number of hydrogen-bond acceptors (Lipinski definition) is 1. The molecule has 4 aromatic carbocycles. The van der Waals surface area contributed by atoms with E-state index in [-0.39, 0.29) is 0 Å². The van der Waals surface area contributed by atoms with Crippen molar-refractivity contribution in [2.24, 2.45) is 12.5 Å². The smallest absolute Gasteiger partial charge is 0.228 e. The van der Waals surface area contributed by atoms with E-state index in [1.54, 1.807) is 0 Å². The van der Waals surface area contributed by atoms with Crippen LogP contribution in [0.2, 0.25) is 0 Å². The SMILES string of the molecule is Cc1c2c(cc3ccccc13)Oc1cc3c(C4CCC(C)(C)CC4)cccc3c3cc[n+](C)c-2c13. The average molecular weight is 459 g/mol. The Morgan fingerprint density at radius 3 is 2.43 bits per heavy atom. The molecule has 1 fully saturated rings. The van der Waals surface area contributed by atoms with E-state index in [0.29, 0.717) is 11.3 Å². The molecule has 2 heterocycles. The van der Waals surface area contributed by atoms with Crippen molar-refractivity contribution in [2.75, 3.05) is 0 Å². The largest absolute Gasteiger partial charge is 0.456 e. The fourth-order valence-electron chi connectivity index (χ4n) is 6.74. The number of aromatic nitrogens is 1. The van der Waals surface area contributed by atoms with E-state index in [2.05, 4.69) is 99.2 Å². The number of fused-ring (bicyclic) bond motifs is 5. The van der Waals surface area contributed by atoms with Gasteiger partial charge >= 0.3 is 0 Å². The highest BCUT2D eigenvalue weighted by Gasteiger charge is 2.32. The number of pyridine rings is 1. The zero-order chi connectivity index (χ0) is 23.9. The maximum absolute atomic E-state index is 6.76. The molecule has 0 radical (unpaired) electrons. The first-order valence-corrected chi connectivity index (χ1v) is 13.0. The molecule has 0 atom stereocenters. The molecule has 174 valence electrons. The summed E-state index contributed by atoms with van der Waals surface area (Å²) < 4.78 is 9.04. The van der Waals surface area contributed by atoms with Gasteiger partial charge in [0.15, 0.2) is 6.20 Å². The standard InChI is InChI=1S/C33H32NO/c1-20-23-9-6-5-8-22(23)18-28-30(20)32-31-26(14-17-34(32)4)25-11-7-10-24(27(25)19-29(31)35-28)21-12-15-33(2,3)16-13-21/h5-11,14,17-19,21H,12-13,15-16H2,1-4H3/q+1. The lowest BCUT2D eigenvalue weighted by Crippen LogP contribution is -2.31. The number of hydrogen-bond donors (Lipinski definition) is 0. The lowest BCUT2D eigenvalue weighted by Gasteiger charge is -2.35. The van der Waals surface area contributed by atoms with Crippen LogP contribution < -0.4 is 9.30 Å². The van der Waals surface area contributed by atoms with Crippen LogP contribution >= 0.6 is 0 Å². The Kier molecular flexibility index (Phi) is 4.37. The molecule has 0 saturated heterocycles. The summed E-state index contributed by atoms with van der Waals surface area (Å²) in [6.07, 6.45) is 7.35. The molecule has 0 spiro atoms. The van der Waals surface area contributed by atoms with Gasteiger partial charge < -0.3 is 4.74 Å². The topological polar surface area (TPSA) is 13.1 Å². The van der Waals surface area contributed by atoms with Gasteiger partial charge in [0.25, 0.3) is 0 Å². The van der Waals surface area contributed by atoms with Gasteiger partial charge in [-0.05, 0) is 88.7 Å². The molecule has 1 aromatic heterocycles. The molecule has 0 N–H and O–H groups in total. The maximum Gasteiger partial charge on any atom is 0.228 e. The van der Waals surface area contributed by atoms with E-state index >= 15 is 0 Å². The number of ether oxygens (including phenoxy) is 1. The Morgan fingerprint density at radius 2 is 1.60 bits per heavy atom. The molecule has 5 aromatic rings. The minimum atomic E-state index is 0.469. The molecule has 1 saturated carbocycles. The van der Waals surface area contributed by atoms with Crippen molar-refractivity contribution in [1.82, 2.24) is 0 Å². The van der Waals surface area contributed by atoms with Gasteiger partial charge in [-0.15, -0.1) is 0 Å². The quantitative estimate of drug-likeness (QED) is 0.177. The van der Waals surface area contributed by atoms with Gasteiger partial charge in [-0.3, -0.25) is 0 Å². The molecule has 1 aliphatic carbocycles. The van der Waals surface area contributed by atoms with Gasteiger partial charge in [-0.25, -0.2) is 4.57 Å². The van der Waals surface area contributed by atoms with Crippen LogP contribution in [0.1, 0.15) is 56.6 Å². The zero-order valence-electron chi connectivity index (χ0n) is 21.1. The summed E-state index contributed by atoms with van der Waals surface area (Å²) in [6.45, 7) is 7.07. The first-order valence-electron chi connectivity index (χ1n) is 13.0. The Bertz CT molecular complexity index is 1670. The molecule has 2 aliphatic rings. The number of benzene rings is 4. The lowest BCUT2D eigenvalue weighted by atomic mass is 9.70. The molecule has 1 aliphatic heterocycles. The molecule has 2 heteroatoms. The molecule has 2 nitrogen and oxygen atoms in total. The second kappa shape index (κ2) is 7.31. The van der Waals surface area contributed by atoms with Crippen LogP contribution in [0.15, 0.2) is 66.9 Å². The van der Waals surface area contributed by atoms with Gasteiger partial charge in [0.1, 0.15) is 18.5 Å². The highest BCUT2D eigenvalue weighted by Crippen LogP contribution is 2.51. The maximum atomic E-state index is 6.76. The molecule has 0 amide bonds. The van der Waals surface area contributed by atoms with E-state index in [1.165, 1.54) is 80.4 Å². The minimum absolute atomic E-state index is 0.469. The van der Waals surface area contributed by atoms with Gasteiger partial charge in [0.2, 0.25) is 5.69 Å². The van der Waals surface area contributed by atoms with Crippen molar-refractivity contribution in [3.05, 3.63) is 78.0 Å². The first-order chi connectivity index (χ1) is 16.9. The summed E-state index contributed by atoms with van der Waals surface area (Å²) >= 11 is 0. The molecule has 0 unspecified atom stereocenters. The summed E-state index contributed by atoms with van der Waals surface area (Å²) in [5.41, 5.74) is 5.72. The predicted octanol–water partition coefficient (Wildman–Crippen LogP) is 8.74. The van der Waals surface area contributed by atoms with Crippen LogP contribution in [0.5, 0.6) is 11.5 Å². The van der Waals surface area contributed by atoms with E-state index in [9.17, 15) is 0 Å². The van der Waals surface area contributed by atoms with E-state index < -0.39 is 0 Å². The summed E-state index contributed by atoms with van der Waals surface area (Å²) in [7, 11) is 2.16. The Balaban J connectivity index is 1.52. The van der Waals surface area contributed by atoms with Crippen LogP contribution in [0, 0.1) is 12.3 Å². The summed E-state index contributed by atoms with van der Waals surface area (Å²) in [6, 6.07) is 22.4. The van der Waals surface area contributed by atoms with Gasteiger partial charge in [0.05, 0.1) is 10.9 Å². The van der Waals surface area contributed by atoms with Crippen molar-refractivity contribution in [3.8, 4) is 22.8 Å². The second-order valence-electron chi connectivity index (χ2n) is 11.5. The van der Waals surface area contributed by atoms with Crippen molar-refractivity contribution in [1.29, 1.82) is 0 Å². The van der Waals surface area contributed by atoms with Gasteiger partial charge in [-0.1, -0.05) is 56.3 Å². The zero-order valence-corrected chi connectivity index (χ0v) is 21.1. The Hall–Kier alpha value is -3.39. The van der Waals surface area contributed by atoms with Crippen LogP contribution in [0.3, 0.4) is 0 Å². The lowest BCUT2D eigenvalue weighted by molar-refractivity contribution is -0.659. The third-order valence-electron chi connectivity index (χ3n) is 8.78. The van der Waals surface area contributed by atoms with Gasteiger partial charge in [0, 0.05) is 11.5 Å². The predicted molar refractivity (Wildman–Crippen MR) is 145 cm³/mol. The molecule has 35 heavy (non-hydrogen) atoms. The van der Waals surface area contributed by atoms with Crippen molar-refractivity contribution in [3.63, 3.8) is 0 Å². The third kappa shape index (κ3) is 3.05. The monoisotopic (exact) mass is 458 g/mol. The van der Waals surface area contributed by atoms with Gasteiger partial charge in [-0.2, -0.15) is 0 Å². The molecular formula is C33H32NO+. The Labute approximate surface area is 207 Å². The average Bonchev–Trinajstić information content (AvgIpc) is 2.85. The van der Waals surface area contributed by atoms with Crippen LogP contribution in [-0.2, 0) is 7.05 Å². The summed E-state index contributed by atoms with van der Waals surface area (Å²) in [4.78, 5) is 0. The highest BCUT2D eigenvalue weighted by atomic mass is 16.5. The van der Waals surface area contributed by atoms with E-state index in [1.807, 2.05) is 0 Å². The summed E-state index contributed by atoms with van der Waals surface area (Å²) in [5.74, 6) is 2.58. The second-order valence-corrected chi connectivity index (χ2v) is 11.5. The fourth-order valence-corrected chi connectivity index (χ4v) is 6.74. The van der Waals surface area contributed by atoms with Crippen LogP contribution in [0.25, 0.3) is 43.6 Å². The van der Waals surface area contributed by atoms with Crippen LogP contribution in [-0.4, -0.2) is 0 Å². The first kappa shape index (κ1) is 20.9. The number of rotatable bonds is 1. The molecule has 7 rings (SSSR count). The third-order valence-corrected chi connectivity index (χ3v) is 8.78. The van der Waals surface area contributed by atoms with Crippen molar-refractivity contribution in [2.45, 2.75) is 52.4 Å². The minimum Gasteiger partial charge on any atom is -0.456 e. The Morgan fingerprint density at radius 1 is 0.829 bits per heavy atom. The fraction of sp³-hybridized carbons (Fsp3) is 0.303. The van der Waals surface area contributed by atoms with Crippen LogP contribution in [0.4, 0.5) is 0 Å². The molecule has 0 bridgehead atoms. The van der Waals surface area contributed by atoms with E-state index in [0.717, 1.165) is 11.5 Å². The van der Waals surface area contributed by atoms with E-state index in [4.69, 9.17) is 4.74 Å². The van der Waals surface area contributed by atoms with Crippen molar-refractivity contribution < 1.29 is 9.30 Å². The summed E-state index contributed by atoms with van der Waals surface area (Å²) in [5, 5.41) is 7.75. The molecular weight excluding hydrogens is 426 g/mol. The highest BCUT2D eigenvalue weighted by molar-refractivity contribution is 6.16. The van der Waals surface area contributed by atoms with Crippen molar-refractivity contribution >= 4 is 32.3 Å². The number of aryl methyl sites for hydroxylation is 2. The normalized spacial score (nSPS) is 17.0.